The molecule has 62 heavy (non-hydrogen) atoms. The Morgan fingerprint density at radius 2 is 1.77 bits per heavy atom. The lowest BCUT2D eigenvalue weighted by atomic mass is 9.77. The molecule has 6 bridgehead atoms. The van der Waals surface area contributed by atoms with Crippen LogP contribution in [0, 0.1) is 24.4 Å². The van der Waals surface area contributed by atoms with Gasteiger partial charge in [-0.05, 0) is 63.8 Å². The Bertz CT molecular complexity index is 2710. The number of nitrogens with two attached hydrogens (primary N) is 2. The Hall–Kier alpha value is -6.00. The summed E-state index contributed by atoms with van der Waals surface area (Å²) in [4.78, 5) is 45.1. The SMILES string of the molecule is CCO[C@H]1CN(C)C(=O)[C@@H]2C[C@@H](CN2c2nc(N3C4CC3CC(N(N)N(C)N)C4)nc3c2cnn3-c2ccc(F)cc2F)Nc2nccc(n2)-c2cc(F)cc3nc(C)n(c23)C1.[HH]. The molecule has 21 heteroatoms. The topological polar surface area (TPSA) is 194 Å². The molecule has 326 valence electrons. The number of likely N-dealkylation sites (N-methyl/N-ethyl adjacent to an activating group) is 1. The van der Waals surface area contributed by atoms with E-state index in [4.69, 9.17) is 36.4 Å². The Morgan fingerprint density at radius 3 is 2.53 bits per heavy atom. The summed E-state index contributed by atoms with van der Waals surface area (Å²) in [7, 11) is 3.45. The van der Waals surface area contributed by atoms with Gasteiger partial charge in [0.15, 0.2) is 11.5 Å². The molecule has 3 fully saturated rings. The number of imidazole rings is 1. The maximum absolute atomic E-state index is 15.5. The van der Waals surface area contributed by atoms with Crippen LogP contribution in [0.3, 0.4) is 0 Å². The smallest absolute Gasteiger partial charge is 0.245 e. The Kier molecular flexibility index (Phi) is 9.97. The minimum absolute atomic E-state index is 0. The van der Waals surface area contributed by atoms with Gasteiger partial charge in [-0.3, -0.25) is 16.5 Å². The molecule has 5 N–H and O–H groups in total. The van der Waals surface area contributed by atoms with Crippen molar-refractivity contribution in [2.24, 2.45) is 11.7 Å². The summed E-state index contributed by atoms with van der Waals surface area (Å²) in [5.41, 5.74) is 2.53. The van der Waals surface area contributed by atoms with E-state index in [1.165, 1.54) is 39.2 Å². The monoisotopic (exact) mass is 854 g/mol. The van der Waals surface area contributed by atoms with Crippen molar-refractivity contribution in [3.05, 3.63) is 72.1 Å². The van der Waals surface area contributed by atoms with Gasteiger partial charge in [0.25, 0.3) is 0 Å². The number of piperidine rings is 1. The van der Waals surface area contributed by atoms with Crippen LogP contribution in [-0.4, -0.2) is 130 Å². The number of fused-ring (bicyclic) bond motifs is 8. The van der Waals surface area contributed by atoms with Crippen LogP contribution in [0.1, 0.15) is 39.9 Å². The Labute approximate surface area is 355 Å². The molecule has 4 aromatic heterocycles. The van der Waals surface area contributed by atoms with Crippen LogP contribution in [0.15, 0.2) is 48.8 Å². The van der Waals surface area contributed by atoms with E-state index in [0.29, 0.717) is 83.6 Å². The second kappa shape index (κ2) is 15.4. The number of nitrogens with one attached hydrogen (secondary N) is 1. The number of halogens is 3. The van der Waals surface area contributed by atoms with E-state index in [0.717, 1.165) is 12.5 Å². The van der Waals surface area contributed by atoms with E-state index in [1.54, 1.807) is 37.5 Å². The van der Waals surface area contributed by atoms with Gasteiger partial charge in [0, 0.05) is 83.3 Å². The quantitative estimate of drug-likeness (QED) is 0.156. The molecule has 1 amide bonds. The zero-order chi connectivity index (χ0) is 43.1. The lowest BCUT2D eigenvalue weighted by molar-refractivity contribution is -0.133. The van der Waals surface area contributed by atoms with Crippen LogP contribution in [0.4, 0.5) is 30.9 Å². The number of nitrogens with zero attached hydrogens (tertiary/aromatic N) is 13. The molecule has 0 radical (unpaired) electrons. The minimum atomic E-state index is -0.814. The van der Waals surface area contributed by atoms with Gasteiger partial charge in [0.1, 0.15) is 35.0 Å². The summed E-state index contributed by atoms with van der Waals surface area (Å²) in [6.45, 7) is 5.00. The van der Waals surface area contributed by atoms with Gasteiger partial charge in [-0.25, -0.2) is 32.8 Å². The van der Waals surface area contributed by atoms with Gasteiger partial charge in [-0.1, -0.05) is 0 Å². The number of aromatic nitrogens is 8. The maximum Gasteiger partial charge on any atom is 0.245 e. The number of ether oxygens (including phenoxy) is 1. The van der Waals surface area contributed by atoms with Crippen LogP contribution in [0.5, 0.6) is 0 Å². The number of carbonyl (C=O) groups is 1. The summed E-state index contributed by atoms with van der Waals surface area (Å²) in [5.74, 6) is 11.9. The molecule has 0 spiro atoms. The minimum Gasteiger partial charge on any atom is -0.375 e. The summed E-state index contributed by atoms with van der Waals surface area (Å²) >= 11 is 0. The molecule has 5 atom stereocenters. The summed E-state index contributed by atoms with van der Waals surface area (Å²) < 4.78 is 54.5. The number of anilines is 3. The van der Waals surface area contributed by atoms with Gasteiger partial charge >= 0.3 is 0 Å². The van der Waals surface area contributed by atoms with E-state index in [2.05, 4.69) is 20.3 Å². The van der Waals surface area contributed by atoms with Crippen molar-refractivity contribution in [1.29, 1.82) is 0 Å². The van der Waals surface area contributed by atoms with Crippen LogP contribution in [-0.2, 0) is 16.1 Å². The first-order chi connectivity index (χ1) is 29.8. The Morgan fingerprint density at radius 1 is 0.968 bits per heavy atom. The van der Waals surface area contributed by atoms with Crippen molar-refractivity contribution in [2.45, 2.75) is 82.4 Å². The van der Waals surface area contributed by atoms with Crippen molar-refractivity contribution in [2.75, 3.05) is 48.9 Å². The third-order valence-corrected chi connectivity index (χ3v) is 12.7. The first-order valence-electron chi connectivity index (χ1n) is 20.8. The predicted octanol–water partition coefficient (Wildman–Crippen LogP) is 3.54. The van der Waals surface area contributed by atoms with Crippen molar-refractivity contribution >= 4 is 45.7 Å². The zero-order valence-electron chi connectivity index (χ0n) is 34.7. The predicted molar refractivity (Wildman–Crippen MR) is 226 cm³/mol. The molecule has 3 aliphatic heterocycles. The summed E-state index contributed by atoms with van der Waals surface area (Å²) in [6, 6.07) is 6.82. The van der Waals surface area contributed by atoms with Crippen molar-refractivity contribution < 1.29 is 24.1 Å². The maximum atomic E-state index is 15.5. The third kappa shape index (κ3) is 6.83. The number of carbonyl (C=O) groups excluding carboxylic acids is 1. The van der Waals surface area contributed by atoms with Crippen molar-refractivity contribution in [3.63, 3.8) is 0 Å². The highest BCUT2D eigenvalue weighted by Gasteiger charge is 2.49. The average molecular weight is 855 g/mol. The molecular weight excluding hydrogens is 806 g/mol. The lowest BCUT2D eigenvalue weighted by Gasteiger charge is -2.56. The second-order valence-electron chi connectivity index (χ2n) is 16.7. The van der Waals surface area contributed by atoms with Gasteiger partial charge < -0.3 is 29.3 Å². The van der Waals surface area contributed by atoms with Crippen molar-refractivity contribution in [1.82, 2.24) is 54.4 Å². The molecule has 2 aromatic carbocycles. The van der Waals surface area contributed by atoms with Gasteiger partial charge in [0.2, 0.25) is 17.8 Å². The highest BCUT2D eigenvalue weighted by atomic mass is 19.1. The Balaban J connectivity index is 0.00000504. The first-order valence-corrected chi connectivity index (χ1v) is 20.8. The fourth-order valence-electron chi connectivity index (χ4n) is 9.88. The normalized spacial score (nSPS) is 23.9. The molecule has 7 heterocycles. The van der Waals surface area contributed by atoms with E-state index < -0.39 is 29.6 Å². The van der Waals surface area contributed by atoms with Gasteiger partial charge in [-0.15, -0.1) is 0 Å². The third-order valence-electron chi connectivity index (χ3n) is 12.7. The fourth-order valence-corrected chi connectivity index (χ4v) is 9.88. The molecule has 4 aliphatic rings. The lowest BCUT2D eigenvalue weighted by Crippen LogP contribution is -2.68. The molecule has 10 rings (SSSR count). The molecule has 6 aromatic rings. The number of hydrogen-bond acceptors (Lipinski definition) is 15. The van der Waals surface area contributed by atoms with E-state index in [-0.39, 0.29) is 55.9 Å². The first kappa shape index (κ1) is 40.1. The van der Waals surface area contributed by atoms with Crippen molar-refractivity contribution in [3.8, 4) is 16.9 Å². The zero-order valence-corrected chi connectivity index (χ0v) is 34.7. The molecule has 2 unspecified atom stereocenters. The summed E-state index contributed by atoms with van der Waals surface area (Å²) in [5, 5.41) is 11.4. The molecule has 1 aliphatic carbocycles. The van der Waals surface area contributed by atoms with Crippen LogP contribution in [0.25, 0.3) is 39.0 Å². The van der Waals surface area contributed by atoms with E-state index in [1.807, 2.05) is 23.3 Å². The molecular formula is C41H49F3N16O2. The largest absolute Gasteiger partial charge is 0.375 e. The number of benzene rings is 2. The standard InChI is InChI=1S/C41H47F3N16O2.H2/c1-5-62-28-19-54(3)39(61)35-13-24(50-40-47-9-8-32(51-40)29-10-23(43)12-33-36(29)56(20-28)21(2)49-33)18-57(35)37-30-17-48-59(34-7-6-22(42)11-31(34)44)38(30)53-41(52-37)58-25-14-26(58)16-27(15-25)60(46)55(4)45;/h6-12,17,24-28,35H,5,13-16,18-20,45-46H2,1-4H3,(H,47,50,51);1H/t24-,25?,26?,27?,28-,35-;/m0./s1. The van der Waals surface area contributed by atoms with Gasteiger partial charge in [0.05, 0.1) is 41.0 Å². The van der Waals surface area contributed by atoms with Crippen LogP contribution < -0.4 is 26.8 Å². The summed E-state index contributed by atoms with van der Waals surface area (Å²) in [6.07, 6.45) is 5.32. The molecule has 1 saturated carbocycles. The van der Waals surface area contributed by atoms with E-state index >= 15 is 8.78 Å². The molecule has 18 nitrogen and oxygen atoms in total. The highest BCUT2D eigenvalue weighted by Crippen LogP contribution is 2.44. The number of aryl methyl sites for hydroxylation is 1. The highest BCUT2D eigenvalue weighted by molar-refractivity contribution is 5.94. The van der Waals surface area contributed by atoms with Crippen LogP contribution >= 0.6 is 0 Å². The number of rotatable bonds is 7. The second-order valence-corrected chi connectivity index (χ2v) is 16.7. The average Bonchev–Trinajstić information content (AvgIpc) is 3.94. The molecule has 2 saturated heterocycles. The number of amides is 1. The van der Waals surface area contributed by atoms with E-state index in [9.17, 15) is 9.18 Å². The fraction of sp³-hybridized carbons (Fsp3) is 0.439. The number of hydrogen-bond donors (Lipinski definition) is 3. The number of hydrazine groups is 3. The van der Waals surface area contributed by atoms with Gasteiger partial charge in [-0.2, -0.15) is 25.3 Å². The van der Waals surface area contributed by atoms with Crippen LogP contribution in [0.2, 0.25) is 0 Å².